The lowest BCUT2D eigenvalue weighted by Crippen LogP contribution is -2.32. The average Bonchev–Trinajstić information content (AvgIpc) is 2.71. The SMILES string of the molecule is CC1=C(C)C[C@H]2C(=O)N(c3ccccc3C(F)(F)F)C(=O)[C@@H]2C1. The Morgan fingerprint density at radius 1 is 0.957 bits per heavy atom. The number of carbonyl (C=O) groups is 2. The van der Waals surface area contributed by atoms with E-state index in [-0.39, 0.29) is 5.69 Å². The second kappa shape index (κ2) is 5.22. The predicted molar refractivity (Wildman–Crippen MR) is 78.5 cm³/mol. The topological polar surface area (TPSA) is 37.4 Å². The summed E-state index contributed by atoms with van der Waals surface area (Å²) in [7, 11) is 0. The van der Waals surface area contributed by atoms with Gasteiger partial charge in [-0.1, -0.05) is 23.3 Å². The molecule has 1 saturated heterocycles. The normalized spacial score (nSPS) is 25.2. The van der Waals surface area contributed by atoms with Crippen molar-refractivity contribution in [3.8, 4) is 0 Å². The average molecular weight is 323 g/mol. The van der Waals surface area contributed by atoms with Crippen LogP contribution in [0.15, 0.2) is 35.4 Å². The van der Waals surface area contributed by atoms with Gasteiger partial charge in [0.05, 0.1) is 23.1 Å². The fourth-order valence-corrected chi connectivity index (χ4v) is 3.40. The van der Waals surface area contributed by atoms with Gasteiger partial charge < -0.3 is 0 Å². The summed E-state index contributed by atoms with van der Waals surface area (Å²) in [6.45, 7) is 3.80. The molecule has 0 radical (unpaired) electrons. The number of hydrogen-bond acceptors (Lipinski definition) is 2. The molecule has 0 saturated carbocycles. The summed E-state index contributed by atoms with van der Waals surface area (Å²) in [4.78, 5) is 25.9. The zero-order valence-corrected chi connectivity index (χ0v) is 12.8. The molecule has 0 N–H and O–H groups in total. The first-order chi connectivity index (χ1) is 10.7. The third-order valence-electron chi connectivity index (χ3n) is 4.79. The lowest BCUT2D eigenvalue weighted by atomic mass is 9.78. The van der Waals surface area contributed by atoms with Gasteiger partial charge in [-0.25, -0.2) is 4.90 Å². The Balaban J connectivity index is 2.04. The summed E-state index contributed by atoms with van der Waals surface area (Å²) in [5.74, 6) is -2.15. The molecular weight excluding hydrogens is 307 g/mol. The number of hydrogen-bond donors (Lipinski definition) is 0. The molecule has 1 aromatic rings. The van der Waals surface area contributed by atoms with Crippen LogP contribution in [0.4, 0.5) is 18.9 Å². The summed E-state index contributed by atoms with van der Waals surface area (Å²) in [5.41, 5.74) is 0.762. The number of benzene rings is 1. The summed E-state index contributed by atoms with van der Waals surface area (Å²) >= 11 is 0. The fraction of sp³-hybridized carbons (Fsp3) is 0.412. The number of carbonyl (C=O) groups excluding carboxylic acids is 2. The second-order valence-corrected chi connectivity index (χ2v) is 6.21. The summed E-state index contributed by atoms with van der Waals surface area (Å²) in [6, 6.07) is 4.73. The molecule has 2 atom stereocenters. The molecule has 0 unspecified atom stereocenters. The van der Waals surface area contributed by atoms with E-state index in [4.69, 9.17) is 0 Å². The quantitative estimate of drug-likeness (QED) is 0.580. The van der Waals surface area contributed by atoms with Crippen LogP contribution >= 0.6 is 0 Å². The van der Waals surface area contributed by atoms with E-state index in [9.17, 15) is 22.8 Å². The maximum absolute atomic E-state index is 13.2. The molecule has 2 aliphatic rings. The zero-order chi connectivity index (χ0) is 16.9. The Morgan fingerprint density at radius 3 is 1.91 bits per heavy atom. The molecule has 0 bridgehead atoms. The molecule has 122 valence electrons. The Labute approximate surface area is 131 Å². The highest BCUT2D eigenvalue weighted by Gasteiger charge is 2.51. The number of para-hydroxylation sites is 1. The van der Waals surface area contributed by atoms with Gasteiger partial charge in [-0.3, -0.25) is 9.59 Å². The Hall–Kier alpha value is -2.11. The van der Waals surface area contributed by atoms with E-state index in [2.05, 4.69) is 0 Å². The maximum Gasteiger partial charge on any atom is 0.418 e. The maximum atomic E-state index is 13.2. The Kier molecular flexibility index (Phi) is 3.58. The van der Waals surface area contributed by atoms with Crippen molar-refractivity contribution >= 4 is 17.5 Å². The molecular formula is C17H16F3NO2. The number of alkyl halides is 3. The van der Waals surface area contributed by atoms with E-state index in [0.29, 0.717) is 12.8 Å². The second-order valence-electron chi connectivity index (χ2n) is 6.21. The van der Waals surface area contributed by atoms with Crippen LogP contribution in [0.2, 0.25) is 0 Å². The number of amides is 2. The minimum Gasteiger partial charge on any atom is -0.274 e. The minimum atomic E-state index is -4.62. The third kappa shape index (κ3) is 2.46. The number of fused-ring (bicyclic) bond motifs is 1. The Bertz CT molecular complexity index is 689. The highest BCUT2D eigenvalue weighted by Crippen LogP contribution is 2.45. The van der Waals surface area contributed by atoms with Crippen molar-refractivity contribution < 1.29 is 22.8 Å². The van der Waals surface area contributed by atoms with Gasteiger partial charge in [-0.05, 0) is 38.8 Å². The van der Waals surface area contributed by atoms with Gasteiger partial charge in [-0.15, -0.1) is 0 Å². The molecule has 1 aliphatic heterocycles. The summed E-state index contributed by atoms with van der Waals surface area (Å²) < 4.78 is 39.6. The zero-order valence-electron chi connectivity index (χ0n) is 12.8. The van der Waals surface area contributed by atoms with Gasteiger partial charge in [-0.2, -0.15) is 13.2 Å². The van der Waals surface area contributed by atoms with E-state index in [1.165, 1.54) is 18.2 Å². The highest BCUT2D eigenvalue weighted by atomic mass is 19.4. The van der Waals surface area contributed by atoms with Crippen LogP contribution in [-0.4, -0.2) is 11.8 Å². The number of imide groups is 1. The van der Waals surface area contributed by atoms with E-state index in [1.54, 1.807) is 0 Å². The summed E-state index contributed by atoms with van der Waals surface area (Å²) in [6.07, 6.45) is -3.74. The molecule has 1 aliphatic carbocycles. The van der Waals surface area contributed by atoms with Crippen molar-refractivity contribution in [3.05, 3.63) is 41.0 Å². The molecule has 1 aromatic carbocycles. The fourth-order valence-electron chi connectivity index (χ4n) is 3.40. The summed E-state index contributed by atoms with van der Waals surface area (Å²) in [5, 5.41) is 0. The first-order valence-electron chi connectivity index (χ1n) is 7.41. The van der Waals surface area contributed by atoms with Gasteiger partial charge >= 0.3 is 6.18 Å². The molecule has 1 fully saturated rings. The standard InChI is InChI=1S/C17H16F3NO2/c1-9-7-11-12(8-10(9)2)16(23)21(15(11)22)14-6-4-3-5-13(14)17(18,19)20/h3-6,11-12H,7-8H2,1-2H3/t11-,12-/m1/s1. The monoisotopic (exact) mass is 323 g/mol. The van der Waals surface area contributed by atoms with Crippen molar-refractivity contribution in [2.24, 2.45) is 11.8 Å². The van der Waals surface area contributed by atoms with Gasteiger partial charge in [0, 0.05) is 0 Å². The first kappa shape index (κ1) is 15.8. The van der Waals surface area contributed by atoms with Crippen LogP contribution in [0.25, 0.3) is 0 Å². The van der Waals surface area contributed by atoms with Gasteiger partial charge in [0.1, 0.15) is 0 Å². The molecule has 0 spiro atoms. The van der Waals surface area contributed by atoms with Crippen molar-refractivity contribution in [2.45, 2.75) is 32.9 Å². The number of nitrogens with zero attached hydrogens (tertiary/aromatic N) is 1. The van der Waals surface area contributed by atoms with E-state index in [0.717, 1.165) is 22.1 Å². The molecule has 2 amide bonds. The van der Waals surface area contributed by atoms with Crippen LogP contribution in [0.1, 0.15) is 32.3 Å². The van der Waals surface area contributed by atoms with Gasteiger partial charge in [0.2, 0.25) is 11.8 Å². The van der Waals surface area contributed by atoms with Crippen LogP contribution in [0, 0.1) is 11.8 Å². The van der Waals surface area contributed by atoms with Crippen molar-refractivity contribution in [3.63, 3.8) is 0 Å². The smallest absolute Gasteiger partial charge is 0.274 e. The number of halogens is 3. The van der Waals surface area contributed by atoms with Gasteiger partial charge in [0.25, 0.3) is 0 Å². The first-order valence-corrected chi connectivity index (χ1v) is 7.41. The Morgan fingerprint density at radius 2 is 1.43 bits per heavy atom. The number of allylic oxidation sites excluding steroid dienone is 2. The van der Waals surface area contributed by atoms with Crippen LogP contribution < -0.4 is 4.90 Å². The van der Waals surface area contributed by atoms with Crippen molar-refractivity contribution in [1.82, 2.24) is 0 Å². The van der Waals surface area contributed by atoms with E-state index >= 15 is 0 Å². The lowest BCUT2D eigenvalue weighted by Gasteiger charge is -2.23. The van der Waals surface area contributed by atoms with Crippen molar-refractivity contribution in [2.75, 3.05) is 4.90 Å². The number of anilines is 1. The largest absolute Gasteiger partial charge is 0.418 e. The highest BCUT2D eigenvalue weighted by molar-refractivity contribution is 6.22. The van der Waals surface area contributed by atoms with E-state index in [1.807, 2.05) is 13.8 Å². The minimum absolute atomic E-state index is 0.361. The predicted octanol–water partition coefficient (Wildman–Crippen LogP) is 3.94. The molecule has 1 heterocycles. The lowest BCUT2D eigenvalue weighted by molar-refractivity contribution is -0.137. The number of rotatable bonds is 1. The molecule has 3 rings (SSSR count). The third-order valence-corrected chi connectivity index (χ3v) is 4.79. The van der Waals surface area contributed by atoms with Crippen LogP contribution in [0.5, 0.6) is 0 Å². The molecule has 23 heavy (non-hydrogen) atoms. The van der Waals surface area contributed by atoms with Crippen LogP contribution in [0.3, 0.4) is 0 Å². The van der Waals surface area contributed by atoms with Crippen molar-refractivity contribution in [1.29, 1.82) is 0 Å². The van der Waals surface area contributed by atoms with Crippen LogP contribution in [-0.2, 0) is 15.8 Å². The molecule has 6 heteroatoms. The van der Waals surface area contributed by atoms with E-state index < -0.39 is 35.4 Å². The molecule has 0 aromatic heterocycles. The molecule has 3 nitrogen and oxygen atoms in total. The van der Waals surface area contributed by atoms with Gasteiger partial charge in [0.15, 0.2) is 0 Å².